The molecule has 20 heavy (non-hydrogen) atoms. The van der Waals surface area contributed by atoms with E-state index in [2.05, 4.69) is 50.7 Å². The van der Waals surface area contributed by atoms with E-state index in [0.717, 1.165) is 37.9 Å². The van der Waals surface area contributed by atoms with Gasteiger partial charge in [0.15, 0.2) is 5.78 Å². The van der Waals surface area contributed by atoms with Crippen molar-refractivity contribution in [1.82, 2.24) is 4.90 Å². The van der Waals surface area contributed by atoms with Crippen molar-refractivity contribution in [2.45, 2.75) is 59.4 Å². The molecule has 0 spiro atoms. The molecule has 2 aliphatic rings. The molecule has 3 heteroatoms. The first-order valence-corrected chi connectivity index (χ1v) is 7.73. The highest BCUT2D eigenvalue weighted by atomic mass is 16.1. The van der Waals surface area contributed by atoms with Gasteiger partial charge in [0.2, 0.25) is 0 Å². The summed E-state index contributed by atoms with van der Waals surface area (Å²) in [6.45, 7) is 12.8. The second kappa shape index (κ2) is 5.34. The number of aliphatic imine (C=N–C) groups is 1. The minimum absolute atomic E-state index is 0.00652. The second-order valence-electron chi connectivity index (χ2n) is 7.72. The zero-order valence-corrected chi connectivity index (χ0v) is 13.6. The van der Waals surface area contributed by atoms with Gasteiger partial charge in [-0.1, -0.05) is 13.8 Å². The molecule has 1 unspecified atom stereocenters. The van der Waals surface area contributed by atoms with Crippen molar-refractivity contribution in [2.24, 2.45) is 16.3 Å². The molecule has 2 aliphatic heterocycles. The highest BCUT2D eigenvalue weighted by molar-refractivity contribution is 5.99. The summed E-state index contributed by atoms with van der Waals surface area (Å²) in [7, 11) is 0. The van der Waals surface area contributed by atoms with Gasteiger partial charge < -0.3 is 4.90 Å². The second-order valence-corrected chi connectivity index (χ2v) is 7.72. The summed E-state index contributed by atoms with van der Waals surface area (Å²) in [5.41, 5.74) is 1.09. The first-order chi connectivity index (χ1) is 9.22. The van der Waals surface area contributed by atoms with Crippen LogP contribution < -0.4 is 0 Å². The Labute approximate surface area is 123 Å². The lowest BCUT2D eigenvalue weighted by atomic mass is 9.73. The third kappa shape index (κ3) is 3.13. The monoisotopic (exact) mass is 276 g/mol. The van der Waals surface area contributed by atoms with Gasteiger partial charge in [-0.2, -0.15) is 0 Å². The van der Waals surface area contributed by atoms with Crippen LogP contribution in [0.2, 0.25) is 0 Å². The quantitative estimate of drug-likeness (QED) is 0.774. The minimum atomic E-state index is -0.00652. The molecule has 1 atom stereocenters. The van der Waals surface area contributed by atoms with Gasteiger partial charge in [-0.25, -0.2) is 0 Å². The van der Waals surface area contributed by atoms with Crippen LogP contribution in [0.15, 0.2) is 16.8 Å². The molecule has 2 rings (SSSR count). The van der Waals surface area contributed by atoms with E-state index in [9.17, 15) is 4.79 Å². The Hall–Kier alpha value is -1.12. The van der Waals surface area contributed by atoms with E-state index >= 15 is 0 Å². The Kier molecular flexibility index (Phi) is 4.08. The van der Waals surface area contributed by atoms with Gasteiger partial charge in [-0.3, -0.25) is 9.79 Å². The largest absolute Gasteiger partial charge is 0.372 e. The normalized spacial score (nSPS) is 26.4. The molecule has 0 aromatic rings. The number of hydrogen-bond acceptors (Lipinski definition) is 3. The standard InChI is InChI=1S/C17H28N2O/c1-16(2,3)19-11-8-17(4,5)14(12-19)15(20)13-6-9-18-10-7-13/h9,12-13H,6-8,10-11H2,1-5H3. The topological polar surface area (TPSA) is 32.7 Å². The van der Waals surface area contributed by atoms with Crippen molar-refractivity contribution < 1.29 is 4.79 Å². The predicted molar refractivity (Wildman–Crippen MR) is 84.0 cm³/mol. The van der Waals surface area contributed by atoms with Crippen LogP contribution in [-0.2, 0) is 4.79 Å². The number of carbonyl (C=O) groups excluding carboxylic acids is 1. The Morgan fingerprint density at radius 1 is 1.40 bits per heavy atom. The van der Waals surface area contributed by atoms with E-state index in [1.807, 2.05) is 6.21 Å². The maximum absolute atomic E-state index is 12.9. The van der Waals surface area contributed by atoms with Crippen molar-refractivity contribution in [3.05, 3.63) is 11.8 Å². The first kappa shape index (κ1) is 15.3. The predicted octanol–water partition coefficient (Wildman–Crippen LogP) is 3.45. The van der Waals surface area contributed by atoms with Crippen LogP contribution in [0.5, 0.6) is 0 Å². The number of hydrogen-bond donors (Lipinski definition) is 0. The maximum Gasteiger partial charge on any atom is 0.164 e. The number of Topliss-reactive ketones (excluding diaryl/α,β-unsaturated/α-hetero) is 1. The highest BCUT2D eigenvalue weighted by Crippen LogP contribution is 2.39. The Bertz CT molecular complexity index is 440. The Morgan fingerprint density at radius 3 is 2.65 bits per heavy atom. The van der Waals surface area contributed by atoms with Gasteiger partial charge in [0.25, 0.3) is 0 Å². The minimum Gasteiger partial charge on any atom is -0.372 e. The van der Waals surface area contributed by atoms with Gasteiger partial charge in [0.1, 0.15) is 0 Å². The van der Waals surface area contributed by atoms with Gasteiger partial charge in [0, 0.05) is 36.3 Å². The van der Waals surface area contributed by atoms with Crippen molar-refractivity contribution >= 4 is 12.0 Å². The molecule has 0 radical (unpaired) electrons. The fraction of sp³-hybridized carbons (Fsp3) is 0.765. The lowest BCUT2D eigenvalue weighted by molar-refractivity contribution is -0.120. The van der Waals surface area contributed by atoms with Crippen LogP contribution in [-0.4, -0.2) is 35.5 Å². The molecular weight excluding hydrogens is 248 g/mol. The summed E-state index contributed by atoms with van der Waals surface area (Å²) < 4.78 is 0. The first-order valence-electron chi connectivity index (χ1n) is 7.73. The molecule has 0 N–H and O–H groups in total. The number of nitrogens with zero attached hydrogens (tertiary/aromatic N) is 2. The van der Waals surface area contributed by atoms with E-state index in [-0.39, 0.29) is 16.9 Å². The van der Waals surface area contributed by atoms with Crippen LogP contribution in [0, 0.1) is 11.3 Å². The zero-order chi connectivity index (χ0) is 15.0. The van der Waals surface area contributed by atoms with Gasteiger partial charge in [-0.05, 0) is 51.7 Å². The van der Waals surface area contributed by atoms with Crippen LogP contribution >= 0.6 is 0 Å². The van der Waals surface area contributed by atoms with E-state index in [4.69, 9.17) is 0 Å². The van der Waals surface area contributed by atoms with Gasteiger partial charge in [-0.15, -0.1) is 0 Å². The molecule has 0 aromatic heterocycles. The molecule has 0 amide bonds. The zero-order valence-electron chi connectivity index (χ0n) is 13.6. The summed E-state index contributed by atoms with van der Waals surface area (Å²) in [4.78, 5) is 19.4. The van der Waals surface area contributed by atoms with Crippen LogP contribution in [0.1, 0.15) is 53.9 Å². The molecule has 0 aromatic carbocycles. The Morgan fingerprint density at radius 2 is 2.10 bits per heavy atom. The molecule has 0 bridgehead atoms. The fourth-order valence-electron chi connectivity index (χ4n) is 2.96. The summed E-state index contributed by atoms with van der Waals surface area (Å²) in [5.74, 6) is 0.480. The summed E-state index contributed by atoms with van der Waals surface area (Å²) >= 11 is 0. The molecular formula is C17H28N2O. The van der Waals surface area contributed by atoms with E-state index < -0.39 is 0 Å². The van der Waals surface area contributed by atoms with Gasteiger partial charge >= 0.3 is 0 Å². The third-order valence-electron chi connectivity index (χ3n) is 4.62. The molecule has 0 aliphatic carbocycles. The van der Waals surface area contributed by atoms with Crippen molar-refractivity contribution in [1.29, 1.82) is 0 Å². The molecule has 112 valence electrons. The van der Waals surface area contributed by atoms with Crippen molar-refractivity contribution in [2.75, 3.05) is 13.1 Å². The lowest BCUT2D eigenvalue weighted by Gasteiger charge is -2.44. The third-order valence-corrected chi connectivity index (χ3v) is 4.62. The van der Waals surface area contributed by atoms with Crippen molar-refractivity contribution in [3.63, 3.8) is 0 Å². The average Bonchev–Trinajstić information content (AvgIpc) is 2.37. The Balaban J connectivity index is 2.27. The summed E-state index contributed by atoms with van der Waals surface area (Å²) in [6.07, 6.45) is 6.81. The molecule has 0 fully saturated rings. The maximum atomic E-state index is 12.9. The van der Waals surface area contributed by atoms with E-state index in [1.165, 1.54) is 0 Å². The number of rotatable bonds is 2. The van der Waals surface area contributed by atoms with Crippen LogP contribution in [0.25, 0.3) is 0 Å². The average molecular weight is 276 g/mol. The SMILES string of the molecule is CC1(C)CCN(C(C)(C)C)C=C1C(=O)C1CC=NCC1. The number of carbonyl (C=O) groups is 1. The highest BCUT2D eigenvalue weighted by Gasteiger charge is 2.37. The van der Waals surface area contributed by atoms with Crippen LogP contribution in [0.3, 0.4) is 0 Å². The smallest absolute Gasteiger partial charge is 0.164 e. The summed E-state index contributed by atoms with van der Waals surface area (Å²) in [5, 5.41) is 0. The molecule has 3 nitrogen and oxygen atoms in total. The number of allylic oxidation sites excluding steroid dienone is 1. The summed E-state index contributed by atoms with van der Waals surface area (Å²) in [6, 6.07) is 0. The van der Waals surface area contributed by atoms with Gasteiger partial charge in [0.05, 0.1) is 0 Å². The van der Waals surface area contributed by atoms with Crippen molar-refractivity contribution in [3.8, 4) is 0 Å². The molecule has 0 saturated heterocycles. The number of ketones is 1. The molecule has 2 heterocycles. The fourth-order valence-corrected chi connectivity index (χ4v) is 2.96. The molecule has 0 saturated carbocycles. The van der Waals surface area contributed by atoms with E-state index in [0.29, 0.717) is 5.78 Å². The lowest BCUT2D eigenvalue weighted by Crippen LogP contribution is -2.45. The van der Waals surface area contributed by atoms with E-state index in [1.54, 1.807) is 0 Å². The van der Waals surface area contributed by atoms with Crippen LogP contribution in [0.4, 0.5) is 0 Å².